The maximum Gasteiger partial charge on any atom is 0.160 e. The maximum atomic E-state index is 5.01. The largest absolute Gasteiger partial charge is 0.371 e. The van der Waals surface area contributed by atoms with Crippen molar-refractivity contribution in [3.63, 3.8) is 0 Å². The molecule has 3 nitrogen and oxygen atoms in total. The van der Waals surface area contributed by atoms with Crippen molar-refractivity contribution >= 4 is 0 Å². The van der Waals surface area contributed by atoms with Crippen LogP contribution in [-0.4, -0.2) is 11.1 Å². The summed E-state index contributed by atoms with van der Waals surface area (Å²) in [5.74, 6) is 0. The Balaban J connectivity index is 2.84. The number of hydrogen-bond acceptors (Lipinski definition) is 3. The minimum atomic E-state index is -0.243. The lowest BCUT2D eigenvalue weighted by molar-refractivity contribution is -0.0175. The SMILES string of the molecule is CC1(C)N=NOC1(C)C. The quantitative estimate of drug-likeness (QED) is 0.491. The Morgan fingerprint density at radius 2 is 1.67 bits per heavy atom. The van der Waals surface area contributed by atoms with Gasteiger partial charge in [-0.1, -0.05) is 0 Å². The van der Waals surface area contributed by atoms with Gasteiger partial charge in [-0.05, 0) is 27.7 Å². The van der Waals surface area contributed by atoms with Crippen LogP contribution in [0.25, 0.3) is 0 Å². The van der Waals surface area contributed by atoms with Gasteiger partial charge in [-0.25, -0.2) is 0 Å². The van der Waals surface area contributed by atoms with Gasteiger partial charge in [0.25, 0.3) is 0 Å². The summed E-state index contributed by atoms with van der Waals surface area (Å²) in [6.07, 6.45) is 0. The van der Waals surface area contributed by atoms with E-state index in [1.165, 1.54) is 0 Å². The average molecular weight is 128 g/mol. The fraction of sp³-hybridized carbons (Fsp3) is 1.00. The summed E-state index contributed by atoms with van der Waals surface area (Å²) in [6, 6.07) is 0. The van der Waals surface area contributed by atoms with Crippen LogP contribution < -0.4 is 0 Å². The monoisotopic (exact) mass is 128 g/mol. The maximum absolute atomic E-state index is 5.01. The van der Waals surface area contributed by atoms with Crippen LogP contribution >= 0.6 is 0 Å². The second kappa shape index (κ2) is 1.46. The van der Waals surface area contributed by atoms with Crippen molar-refractivity contribution in [2.75, 3.05) is 0 Å². The van der Waals surface area contributed by atoms with Gasteiger partial charge in [0.15, 0.2) is 5.60 Å². The Morgan fingerprint density at radius 3 is 1.78 bits per heavy atom. The first kappa shape index (κ1) is 6.52. The van der Waals surface area contributed by atoms with E-state index in [9.17, 15) is 0 Å². The van der Waals surface area contributed by atoms with E-state index in [1.807, 2.05) is 27.7 Å². The van der Waals surface area contributed by atoms with Gasteiger partial charge in [-0.2, -0.15) is 0 Å². The molecule has 0 amide bonds. The van der Waals surface area contributed by atoms with Gasteiger partial charge in [-0.15, -0.1) is 5.11 Å². The number of rotatable bonds is 0. The lowest BCUT2D eigenvalue weighted by atomic mass is 9.87. The minimum absolute atomic E-state index is 0.174. The van der Waals surface area contributed by atoms with Crippen LogP contribution in [0.15, 0.2) is 10.4 Å². The first-order valence-corrected chi connectivity index (χ1v) is 3.06. The van der Waals surface area contributed by atoms with E-state index < -0.39 is 0 Å². The molecule has 3 heteroatoms. The third-order valence-electron chi connectivity index (χ3n) is 2.03. The van der Waals surface area contributed by atoms with Gasteiger partial charge in [0.2, 0.25) is 0 Å². The van der Waals surface area contributed by atoms with E-state index in [0.29, 0.717) is 0 Å². The Hall–Kier alpha value is -0.600. The van der Waals surface area contributed by atoms with Gasteiger partial charge in [0.05, 0.1) is 0 Å². The van der Waals surface area contributed by atoms with Crippen molar-refractivity contribution in [3.8, 4) is 0 Å². The summed E-state index contributed by atoms with van der Waals surface area (Å²) in [4.78, 5) is 5.01. The van der Waals surface area contributed by atoms with E-state index in [4.69, 9.17) is 4.84 Å². The predicted octanol–water partition coefficient (Wildman–Crippen LogP) is 1.94. The van der Waals surface area contributed by atoms with Crippen molar-refractivity contribution in [2.24, 2.45) is 10.4 Å². The molecule has 52 valence electrons. The number of hydrogen-bond donors (Lipinski definition) is 0. The molecule has 0 aromatic rings. The van der Waals surface area contributed by atoms with Crippen LogP contribution in [0.2, 0.25) is 0 Å². The molecule has 0 aliphatic carbocycles. The lowest BCUT2D eigenvalue weighted by Gasteiger charge is -2.27. The molecule has 9 heavy (non-hydrogen) atoms. The summed E-state index contributed by atoms with van der Waals surface area (Å²) in [5, 5.41) is 7.44. The predicted molar refractivity (Wildman–Crippen MR) is 34.1 cm³/mol. The molecule has 0 fully saturated rings. The zero-order valence-corrected chi connectivity index (χ0v) is 6.30. The highest BCUT2D eigenvalue weighted by Gasteiger charge is 2.44. The molecule has 0 spiro atoms. The molecule has 0 aromatic carbocycles. The van der Waals surface area contributed by atoms with E-state index in [1.54, 1.807) is 0 Å². The Bertz CT molecular complexity index is 149. The van der Waals surface area contributed by atoms with Crippen LogP contribution in [0.4, 0.5) is 0 Å². The first-order chi connectivity index (χ1) is 3.96. The lowest BCUT2D eigenvalue weighted by Crippen LogP contribution is -2.40. The van der Waals surface area contributed by atoms with E-state index in [0.717, 1.165) is 0 Å². The van der Waals surface area contributed by atoms with Gasteiger partial charge in [0, 0.05) is 5.28 Å². The fourth-order valence-electron chi connectivity index (χ4n) is 0.457. The molecule has 1 aliphatic rings. The smallest absolute Gasteiger partial charge is 0.160 e. The van der Waals surface area contributed by atoms with Crippen molar-refractivity contribution in [1.29, 1.82) is 0 Å². The second-order valence-corrected chi connectivity index (χ2v) is 3.34. The molecule has 1 rings (SSSR count). The summed E-state index contributed by atoms with van der Waals surface area (Å²) in [5.41, 5.74) is -0.417. The topological polar surface area (TPSA) is 34.0 Å². The van der Waals surface area contributed by atoms with Gasteiger partial charge in [-0.3, -0.25) is 0 Å². The van der Waals surface area contributed by atoms with Crippen LogP contribution in [0.3, 0.4) is 0 Å². The van der Waals surface area contributed by atoms with Crippen molar-refractivity contribution < 1.29 is 4.84 Å². The van der Waals surface area contributed by atoms with Gasteiger partial charge in [0.1, 0.15) is 5.54 Å². The van der Waals surface area contributed by atoms with Crippen LogP contribution in [0.1, 0.15) is 27.7 Å². The molecular formula is C6H12N2O. The molecule has 0 radical (unpaired) electrons. The molecule has 1 heterocycles. The summed E-state index contributed by atoms with van der Waals surface area (Å²) < 4.78 is 0. The molecule has 0 unspecified atom stereocenters. The average Bonchev–Trinajstić information content (AvgIpc) is 1.81. The highest BCUT2D eigenvalue weighted by atomic mass is 16.7. The molecule has 0 N–H and O–H groups in total. The van der Waals surface area contributed by atoms with Crippen molar-refractivity contribution in [3.05, 3.63) is 0 Å². The van der Waals surface area contributed by atoms with Gasteiger partial charge < -0.3 is 4.84 Å². The van der Waals surface area contributed by atoms with E-state index in [2.05, 4.69) is 10.4 Å². The van der Waals surface area contributed by atoms with E-state index >= 15 is 0 Å². The fourth-order valence-corrected chi connectivity index (χ4v) is 0.457. The van der Waals surface area contributed by atoms with E-state index in [-0.39, 0.29) is 11.1 Å². The molecule has 0 bridgehead atoms. The van der Waals surface area contributed by atoms with Crippen LogP contribution in [0, 0.1) is 0 Å². The van der Waals surface area contributed by atoms with Crippen molar-refractivity contribution in [1.82, 2.24) is 0 Å². The highest BCUT2D eigenvalue weighted by molar-refractivity contribution is 4.95. The second-order valence-electron chi connectivity index (χ2n) is 3.34. The molecular weight excluding hydrogens is 116 g/mol. The van der Waals surface area contributed by atoms with Crippen LogP contribution in [0.5, 0.6) is 0 Å². The highest BCUT2D eigenvalue weighted by Crippen LogP contribution is 2.34. The zero-order valence-electron chi connectivity index (χ0n) is 6.30. The summed E-state index contributed by atoms with van der Waals surface area (Å²) >= 11 is 0. The van der Waals surface area contributed by atoms with Crippen LogP contribution in [-0.2, 0) is 4.84 Å². The Morgan fingerprint density at radius 1 is 1.11 bits per heavy atom. The minimum Gasteiger partial charge on any atom is -0.371 e. The molecule has 1 aliphatic heterocycles. The molecule has 0 saturated heterocycles. The molecule has 0 atom stereocenters. The third-order valence-corrected chi connectivity index (χ3v) is 2.03. The molecule has 0 aromatic heterocycles. The number of nitrogens with zero attached hydrogens (tertiary/aromatic N) is 2. The summed E-state index contributed by atoms with van der Waals surface area (Å²) in [7, 11) is 0. The first-order valence-electron chi connectivity index (χ1n) is 3.06. The Kier molecular flexibility index (Phi) is 1.06. The van der Waals surface area contributed by atoms with Crippen molar-refractivity contribution in [2.45, 2.75) is 38.8 Å². The third kappa shape index (κ3) is 0.802. The molecule has 0 saturated carbocycles. The standard InChI is InChI=1S/C6H12N2O/c1-5(2)6(3,4)9-8-7-5/h1-4H3. The zero-order chi connectivity index (χ0) is 7.12. The Labute approximate surface area is 55.1 Å². The summed E-state index contributed by atoms with van der Waals surface area (Å²) in [6.45, 7) is 7.97. The van der Waals surface area contributed by atoms with Gasteiger partial charge >= 0.3 is 0 Å². The normalized spacial score (nSPS) is 28.0.